The Morgan fingerprint density at radius 1 is 1.35 bits per heavy atom. The molecule has 0 aliphatic carbocycles. The molecule has 1 atom stereocenters. The van der Waals surface area contributed by atoms with Gasteiger partial charge in [-0.2, -0.15) is 0 Å². The van der Waals surface area contributed by atoms with E-state index >= 15 is 0 Å². The van der Waals surface area contributed by atoms with Crippen LogP contribution in [0.5, 0.6) is 0 Å². The minimum atomic E-state index is -3.72. The Balaban J connectivity index is 3.00. The third-order valence-corrected chi connectivity index (χ3v) is 4.65. The summed E-state index contributed by atoms with van der Waals surface area (Å²) in [4.78, 5) is -0.259. The Morgan fingerprint density at radius 3 is 2.47 bits per heavy atom. The molecule has 0 amide bonds. The molecule has 3 nitrogen and oxygen atoms in total. The van der Waals surface area contributed by atoms with Gasteiger partial charge < -0.3 is 0 Å². The van der Waals surface area contributed by atoms with Gasteiger partial charge in [-0.3, -0.25) is 0 Å². The highest BCUT2D eigenvalue weighted by Crippen LogP contribution is 2.19. The molecule has 96 valence electrons. The fourth-order valence-corrected chi connectivity index (χ4v) is 2.84. The van der Waals surface area contributed by atoms with Crippen LogP contribution in [0.15, 0.2) is 29.2 Å². The summed E-state index contributed by atoms with van der Waals surface area (Å²) in [6, 6.07) is 5.44. The SMILES string of the molecule is CCC(C)CN(C)S(=O)(=O)c1ccccc1F. The lowest BCUT2D eigenvalue weighted by molar-refractivity contribution is 0.391. The molecular formula is C12H18FNO2S. The predicted octanol–water partition coefficient (Wildman–Crippen LogP) is 2.49. The molecule has 0 spiro atoms. The average Bonchev–Trinajstić information content (AvgIpc) is 2.29. The molecule has 1 aromatic rings. The monoisotopic (exact) mass is 259 g/mol. The third kappa shape index (κ3) is 3.26. The fourth-order valence-electron chi connectivity index (χ4n) is 1.49. The third-order valence-electron chi connectivity index (χ3n) is 2.79. The number of benzene rings is 1. The van der Waals surface area contributed by atoms with Crippen LogP contribution in [-0.4, -0.2) is 26.3 Å². The molecule has 0 bridgehead atoms. The van der Waals surface area contributed by atoms with Gasteiger partial charge >= 0.3 is 0 Å². The number of halogens is 1. The largest absolute Gasteiger partial charge is 0.245 e. The van der Waals surface area contributed by atoms with Crippen molar-refractivity contribution in [1.29, 1.82) is 0 Å². The maximum Gasteiger partial charge on any atom is 0.245 e. The average molecular weight is 259 g/mol. The van der Waals surface area contributed by atoms with Gasteiger partial charge in [-0.25, -0.2) is 17.1 Å². The number of rotatable bonds is 5. The molecule has 17 heavy (non-hydrogen) atoms. The molecule has 0 fully saturated rings. The van der Waals surface area contributed by atoms with Crippen LogP contribution in [0.2, 0.25) is 0 Å². The summed E-state index contributed by atoms with van der Waals surface area (Å²) in [6.07, 6.45) is 0.886. The van der Waals surface area contributed by atoms with E-state index in [0.717, 1.165) is 12.5 Å². The summed E-state index contributed by atoms with van der Waals surface area (Å²) in [7, 11) is -2.24. The van der Waals surface area contributed by atoms with Crippen molar-refractivity contribution in [2.75, 3.05) is 13.6 Å². The fraction of sp³-hybridized carbons (Fsp3) is 0.500. The van der Waals surface area contributed by atoms with Crippen molar-refractivity contribution in [3.8, 4) is 0 Å². The second-order valence-corrected chi connectivity index (χ2v) is 6.24. The van der Waals surface area contributed by atoms with E-state index in [1.54, 1.807) is 0 Å². The minimum absolute atomic E-state index is 0.251. The molecule has 0 heterocycles. The molecule has 1 unspecified atom stereocenters. The Kier molecular flexibility index (Phi) is 4.65. The van der Waals surface area contributed by atoms with Gasteiger partial charge in [0.1, 0.15) is 10.7 Å². The van der Waals surface area contributed by atoms with Crippen LogP contribution in [0.3, 0.4) is 0 Å². The van der Waals surface area contributed by atoms with Crippen molar-refractivity contribution < 1.29 is 12.8 Å². The summed E-state index contributed by atoms with van der Waals surface area (Å²) < 4.78 is 38.8. The highest BCUT2D eigenvalue weighted by atomic mass is 32.2. The molecule has 5 heteroatoms. The Bertz CT molecular complexity index is 473. The Hall–Kier alpha value is -0.940. The number of hydrogen-bond donors (Lipinski definition) is 0. The number of hydrogen-bond acceptors (Lipinski definition) is 2. The molecule has 1 aromatic carbocycles. The van der Waals surface area contributed by atoms with E-state index < -0.39 is 15.8 Å². The van der Waals surface area contributed by atoms with E-state index in [1.807, 2.05) is 13.8 Å². The van der Waals surface area contributed by atoms with Crippen molar-refractivity contribution in [2.24, 2.45) is 5.92 Å². The van der Waals surface area contributed by atoms with Crippen LogP contribution in [0.4, 0.5) is 4.39 Å². The van der Waals surface area contributed by atoms with E-state index in [9.17, 15) is 12.8 Å². The highest BCUT2D eigenvalue weighted by Gasteiger charge is 2.24. The lowest BCUT2D eigenvalue weighted by atomic mass is 10.1. The smallest absolute Gasteiger partial charge is 0.207 e. The van der Waals surface area contributed by atoms with Crippen LogP contribution >= 0.6 is 0 Å². The van der Waals surface area contributed by atoms with Gasteiger partial charge in [-0.1, -0.05) is 32.4 Å². The minimum Gasteiger partial charge on any atom is -0.207 e. The molecular weight excluding hydrogens is 241 g/mol. The first-order valence-electron chi connectivity index (χ1n) is 5.60. The second kappa shape index (κ2) is 5.60. The molecule has 0 N–H and O–H groups in total. The molecule has 1 rings (SSSR count). The second-order valence-electron chi connectivity index (χ2n) is 4.23. The van der Waals surface area contributed by atoms with Crippen LogP contribution in [0.1, 0.15) is 20.3 Å². The van der Waals surface area contributed by atoms with Crippen molar-refractivity contribution in [3.05, 3.63) is 30.1 Å². The zero-order valence-electron chi connectivity index (χ0n) is 10.4. The van der Waals surface area contributed by atoms with Crippen molar-refractivity contribution in [1.82, 2.24) is 4.31 Å². The molecule has 0 aliphatic heterocycles. The lowest BCUT2D eigenvalue weighted by Gasteiger charge is -2.20. The summed E-state index contributed by atoms with van der Waals surface area (Å²) in [5, 5.41) is 0. The van der Waals surface area contributed by atoms with Gasteiger partial charge in [0.15, 0.2) is 0 Å². The van der Waals surface area contributed by atoms with Crippen molar-refractivity contribution >= 4 is 10.0 Å². The first kappa shape index (κ1) is 14.1. The van der Waals surface area contributed by atoms with E-state index in [0.29, 0.717) is 6.54 Å². The van der Waals surface area contributed by atoms with Gasteiger partial charge in [0.25, 0.3) is 0 Å². The van der Waals surface area contributed by atoms with Crippen LogP contribution in [0.25, 0.3) is 0 Å². The zero-order chi connectivity index (χ0) is 13.1. The maximum absolute atomic E-state index is 13.5. The van der Waals surface area contributed by atoms with E-state index in [-0.39, 0.29) is 10.8 Å². The summed E-state index contributed by atoms with van der Waals surface area (Å²) >= 11 is 0. The quantitative estimate of drug-likeness (QED) is 0.814. The van der Waals surface area contributed by atoms with E-state index in [1.165, 1.54) is 29.6 Å². The normalized spacial score (nSPS) is 13.9. The highest BCUT2D eigenvalue weighted by molar-refractivity contribution is 7.89. The van der Waals surface area contributed by atoms with Crippen LogP contribution in [-0.2, 0) is 10.0 Å². The first-order chi connectivity index (χ1) is 7.89. The Morgan fingerprint density at radius 2 is 1.94 bits per heavy atom. The summed E-state index contributed by atoms with van der Waals surface area (Å²) in [5.41, 5.74) is 0. The van der Waals surface area contributed by atoms with E-state index in [2.05, 4.69) is 0 Å². The van der Waals surface area contributed by atoms with Crippen LogP contribution in [0, 0.1) is 11.7 Å². The molecule has 0 saturated heterocycles. The van der Waals surface area contributed by atoms with E-state index in [4.69, 9.17) is 0 Å². The van der Waals surface area contributed by atoms with Gasteiger partial charge in [0.2, 0.25) is 10.0 Å². The summed E-state index contributed by atoms with van der Waals surface area (Å²) in [5.74, 6) is -0.454. The van der Waals surface area contributed by atoms with Gasteiger partial charge in [-0.15, -0.1) is 0 Å². The number of nitrogens with zero attached hydrogens (tertiary/aromatic N) is 1. The van der Waals surface area contributed by atoms with Crippen LogP contribution < -0.4 is 0 Å². The number of sulfonamides is 1. The standard InChI is InChI=1S/C12H18FNO2S/c1-4-10(2)9-14(3)17(15,16)12-8-6-5-7-11(12)13/h5-8,10H,4,9H2,1-3H3. The predicted molar refractivity (Wildman–Crippen MR) is 65.7 cm³/mol. The molecule has 0 aromatic heterocycles. The molecule has 0 radical (unpaired) electrons. The van der Waals surface area contributed by atoms with Gasteiger partial charge in [0.05, 0.1) is 0 Å². The zero-order valence-corrected chi connectivity index (χ0v) is 11.2. The Labute approximate surface area is 102 Å². The van der Waals surface area contributed by atoms with Gasteiger partial charge in [0, 0.05) is 13.6 Å². The van der Waals surface area contributed by atoms with Crippen molar-refractivity contribution in [3.63, 3.8) is 0 Å². The van der Waals surface area contributed by atoms with Gasteiger partial charge in [-0.05, 0) is 18.1 Å². The topological polar surface area (TPSA) is 37.4 Å². The van der Waals surface area contributed by atoms with Crippen molar-refractivity contribution in [2.45, 2.75) is 25.2 Å². The first-order valence-corrected chi connectivity index (χ1v) is 7.04. The summed E-state index contributed by atoms with van der Waals surface area (Å²) in [6.45, 7) is 4.36. The maximum atomic E-state index is 13.5. The molecule has 0 saturated carbocycles. The molecule has 0 aliphatic rings. The lowest BCUT2D eigenvalue weighted by Crippen LogP contribution is -2.31.